The zero-order chi connectivity index (χ0) is 13.7. The number of thioether (sulfide) groups is 1. The van der Waals surface area contributed by atoms with Gasteiger partial charge in [0.05, 0.1) is 5.75 Å². The highest BCUT2D eigenvalue weighted by molar-refractivity contribution is 8.00. The smallest absolute Gasteiger partial charge is 0.173 e. The number of aryl methyl sites for hydroxylation is 1. The number of carbonyl (C=O) groups is 1. The lowest BCUT2D eigenvalue weighted by Crippen LogP contribution is -2.02. The molecule has 2 rings (SSSR count). The minimum Gasteiger partial charge on any atom is -0.293 e. The van der Waals surface area contributed by atoms with Crippen molar-refractivity contribution < 1.29 is 9.18 Å². The molecule has 2 aromatic rings. The number of hydrogen-bond donors (Lipinski definition) is 0. The zero-order valence-corrected chi connectivity index (χ0v) is 11.5. The standard InChI is InChI=1S/C16H15FOS/c1-2-12-7-9-13(10-8-12)15(18)11-19-16-6-4-3-5-14(16)17/h3-10H,2,11H2,1H3. The molecule has 0 aliphatic heterocycles. The van der Waals surface area contributed by atoms with E-state index in [1.165, 1.54) is 23.4 Å². The van der Waals surface area contributed by atoms with Crippen LogP contribution in [0.2, 0.25) is 0 Å². The molecule has 0 N–H and O–H groups in total. The maximum atomic E-state index is 13.4. The number of Topliss-reactive ketones (excluding diaryl/α,β-unsaturated/α-hetero) is 1. The highest BCUT2D eigenvalue weighted by atomic mass is 32.2. The Balaban J connectivity index is 1.99. The van der Waals surface area contributed by atoms with Crippen molar-refractivity contribution >= 4 is 17.5 Å². The van der Waals surface area contributed by atoms with Gasteiger partial charge in [-0.25, -0.2) is 4.39 Å². The Kier molecular flexibility index (Phi) is 4.74. The molecule has 0 bridgehead atoms. The Labute approximate surface area is 116 Å². The van der Waals surface area contributed by atoms with Gasteiger partial charge in [-0.2, -0.15) is 0 Å². The van der Waals surface area contributed by atoms with Crippen LogP contribution in [-0.2, 0) is 6.42 Å². The Morgan fingerprint density at radius 2 is 1.79 bits per heavy atom. The van der Waals surface area contributed by atoms with Gasteiger partial charge in [-0.1, -0.05) is 43.3 Å². The molecule has 98 valence electrons. The average Bonchev–Trinajstić information content (AvgIpc) is 2.46. The minimum atomic E-state index is -0.276. The molecule has 0 atom stereocenters. The van der Waals surface area contributed by atoms with Crippen LogP contribution in [0.1, 0.15) is 22.8 Å². The van der Waals surface area contributed by atoms with E-state index in [1.54, 1.807) is 18.2 Å². The van der Waals surface area contributed by atoms with E-state index < -0.39 is 0 Å². The third kappa shape index (κ3) is 3.67. The molecule has 1 nitrogen and oxygen atoms in total. The largest absolute Gasteiger partial charge is 0.293 e. The van der Waals surface area contributed by atoms with Crippen molar-refractivity contribution in [2.45, 2.75) is 18.2 Å². The molecule has 0 saturated heterocycles. The van der Waals surface area contributed by atoms with Crippen LogP contribution in [0, 0.1) is 5.82 Å². The Morgan fingerprint density at radius 3 is 2.42 bits per heavy atom. The number of ketones is 1. The molecule has 0 radical (unpaired) electrons. The molecule has 0 unspecified atom stereocenters. The molecular formula is C16H15FOS. The number of halogens is 1. The van der Waals surface area contributed by atoms with Gasteiger partial charge in [0.2, 0.25) is 0 Å². The van der Waals surface area contributed by atoms with E-state index in [2.05, 4.69) is 6.92 Å². The van der Waals surface area contributed by atoms with Crippen LogP contribution in [0.5, 0.6) is 0 Å². The van der Waals surface area contributed by atoms with Crippen molar-refractivity contribution in [3.05, 3.63) is 65.5 Å². The minimum absolute atomic E-state index is 0.0240. The van der Waals surface area contributed by atoms with Crippen molar-refractivity contribution in [3.8, 4) is 0 Å². The molecule has 3 heteroatoms. The van der Waals surface area contributed by atoms with E-state index in [4.69, 9.17) is 0 Å². The van der Waals surface area contributed by atoms with Crippen LogP contribution in [-0.4, -0.2) is 11.5 Å². The summed E-state index contributed by atoms with van der Waals surface area (Å²) in [6.45, 7) is 2.07. The van der Waals surface area contributed by atoms with Crippen LogP contribution in [0.3, 0.4) is 0 Å². The van der Waals surface area contributed by atoms with Crippen LogP contribution >= 0.6 is 11.8 Å². The molecule has 0 spiro atoms. The summed E-state index contributed by atoms with van der Waals surface area (Å²) in [5.41, 5.74) is 1.89. The van der Waals surface area contributed by atoms with Gasteiger partial charge in [0.25, 0.3) is 0 Å². The first kappa shape index (κ1) is 13.8. The summed E-state index contributed by atoms with van der Waals surface area (Å²) >= 11 is 1.24. The second kappa shape index (κ2) is 6.53. The van der Waals surface area contributed by atoms with Gasteiger partial charge in [0.1, 0.15) is 5.82 Å². The van der Waals surface area contributed by atoms with Crippen LogP contribution < -0.4 is 0 Å². The normalized spacial score (nSPS) is 10.4. The van der Waals surface area contributed by atoms with Gasteiger partial charge < -0.3 is 0 Å². The second-order valence-electron chi connectivity index (χ2n) is 4.19. The van der Waals surface area contributed by atoms with Crippen molar-refractivity contribution in [3.63, 3.8) is 0 Å². The van der Waals surface area contributed by atoms with Crippen molar-refractivity contribution in [1.82, 2.24) is 0 Å². The highest BCUT2D eigenvalue weighted by Crippen LogP contribution is 2.22. The Bertz CT molecular complexity index is 563. The quantitative estimate of drug-likeness (QED) is 0.595. The van der Waals surface area contributed by atoms with Gasteiger partial charge in [-0.3, -0.25) is 4.79 Å². The lowest BCUT2D eigenvalue weighted by atomic mass is 10.1. The molecule has 0 aliphatic carbocycles. The number of rotatable bonds is 5. The number of hydrogen-bond acceptors (Lipinski definition) is 2. The van der Waals surface area contributed by atoms with Gasteiger partial charge in [-0.15, -0.1) is 11.8 Å². The van der Waals surface area contributed by atoms with E-state index in [0.29, 0.717) is 10.5 Å². The van der Waals surface area contributed by atoms with Gasteiger partial charge in [-0.05, 0) is 24.1 Å². The molecule has 0 heterocycles. The molecule has 0 amide bonds. The summed E-state index contributed by atoms with van der Waals surface area (Å²) in [4.78, 5) is 12.5. The maximum absolute atomic E-state index is 13.4. The van der Waals surface area contributed by atoms with E-state index in [-0.39, 0.29) is 17.4 Å². The SMILES string of the molecule is CCc1ccc(C(=O)CSc2ccccc2F)cc1. The first-order chi connectivity index (χ1) is 9.20. The predicted molar refractivity (Wildman–Crippen MR) is 77.3 cm³/mol. The average molecular weight is 274 g/mol. The van der Waals surface area contributed by atoms with Crippen LogP contribution in [0.15, 0.2) is 53.4 Å². The molecule has 2 aromatic carbocycles. The monoisotopic (exact) mass is 274 g/mol. The topological polar surface area (TPSA) is 17.1 Å². The molecule has 0 saturated carbocycles. The van der Waals surface area contributed by atoms with E-state index in [9.17, 15) is 9.18 Å². The summed E-state index contributed by atoms with van der Waals surface area (Å²) in [6, 6.07) is 14.1. The Hall–Kier alpha value is -1.61. The lowest BCUT2D eigenvalue weighted by molar-refractivity contribution is 0.102. The third-order valence-corrected chi connectivity index (χ3v) is 3.93. The number of benzene rings is 2. The van der Waals surface area contributed by atoms with Gasteiger partial charge >= 0.3 is 0 Å². The molecule has 0 aliphatic rings. The van der Waals surface area contributed by atoms with E-state index in [1.807, 2.05) is 24.3 Å². The van der Waals surface area contributed by atoms with Gasteiger partial charge in [0.15, 0.2) is 5.78 Å². The predicted octanol–water partition coefficient (Wildman–Crippen LogP) is 4.36. The fourth-order valence-electron chi connectivity index (χ4n) is 1.71. The van der Waals surface area contributed by atoms with Gasteiger partial charge in [0, 0.05) is 10.5 Å². The van der Waals surface area contributed by atoms with E-state index in [0.717, 1.165) is 6.42 Å². The maximum Gasteiger partial charge on any atom is 0.173 e. The van der Waals surface area contributed by atoms with Crippen molar-refractivity contribution in [1.29, 1.82) is 0 Å². The molecule has 0 aromatic heterocycles. The second-order valence-corrected chi connectivity index (χ2v) is 5.21. The molecule has 19 heavy (non-hydrogen) atoms. The van der Waals surface area contributed by atoms with Crippen molar-refractivity contribution in [2.24, 2.45) is 0 Å². The third-order valence-electron chi connectivity index (χ3n) is 2.88. The fraction of sp³-hybridized carbons (Fsp3) is 0.188. The Morgan fingerprint density at radius 1 is 1.11 bits per heavy atom. The van der Waals surface area contributed by atoms with E-state index >= 15 is 0 Å². The number of carbonyl (C=O) groups excluding carboxylic acids is 1. The molecular weight excluding hydrogens is 259 g/mol. The fourth-order valence-corrected chi connectivity index (χ4v) is 2.55. The first-order valence-corrected chi connectivity index (χ1v) is 7.18. The van der Waals surface area contributed by atoms with Crippen LogP contribution in [0.25, 0.3) is 0 Å². The summed E-state index contributed by atoms with van der Waals surface area (Å²) in [7, 11) is 0. The van der Waals surface area contributed by atoms with Crippen LogP contribution in [0.4, 0.5) is 4.39 Å². The summed E-state index contributed by atoms with van der Waals surface area (Å²) in [5.74, 6) is 0.00407. The zero-order valence-electron chi connectivity index (χ0n) is 10.7. The highest BCUT2D eigenvalue weighted by Gasteiger charge is 2.08. The first-order valence-electron chi connectivity index (χ1n) is 6.20. The summed E-state index contributed by atoms with van der Waals surface area (Å²) in [5, 5.41) is 0. The van der Waals surface area contributed by atoms with Crippen molar-refractivity contribution in [2.75, 3.05) is 5.75 Å². The lowest BCUT2D eigenvalue weighted by Gasteiger charge is -2.03. The summed E-state index contributed by atoms with van der Waals surface area (Å²) in [6.07, 6.45) is 0.957. The molecule has 0 fully saturated rings. The summed E-state index contributed by atoms with van der Waals surface area (Å²) < 4.78 is 13.4.